The predicted molar refractivity (Wildman–Crippen MR) is 106 cm³/mol. The van der Waals surface area contributed by atoms with E-state index in [0.29, 0.717) is 12.1 Å². The Morgan fingerprint density at radius 2 is 1.45 bits per heavy atom. The molecular weight excluding hydrogens is 542 g/mol. The highest BCUT2D eigenvalue weighted by atomic mass is 35.5. The van der Waals surface area contributed by atoms with Crippen LogP contribution >= 0.6 is 22.9 Å². The molecule has 3 aromatic rings. The van der Waals surface area contributed by atoms with Gasteiger partial charge in [-0.15, -0.1) is 11.3 Å². The lowest BCUT2D eigenvalue weighted by atomic mass is 10.2. The van der Waals surface area contributed by atoms with E-state index in [9.17, 15) is 43.2 Å². The number of aromatic nitrogens is 1. The van der Waals surface area contributed by atoms with Gasteiger partial charge in [-0.25, -0.2) is 21.8 Å². The van der Waals surface area contributed by atoms with Gasteiger partial charge < -0.3 is 0 Å². The van der Waals surface area contributed by atoms with E-state index in [1.165, 1.54) is 0 Å². The van der Waals surface area contributed by atoms with Crippen LogP contribution in [0.2, 0.25) is 5.02 Å². The van der Waals surface area contributed by atoms with Crippen LogP contribution in [0.5, 0.6) is 0 Å². The van der Waals surface area contributed by atoms with Crippen LogP contribution < -0.4 is 4.72 Å². The van der Waals surface area contributed by atoms with Crippen LogP contribution in [0.1, 0.15) is 11.1 Å². The van der Waals surface area contributed by atoms with E-state index in [2.05, 4.69) is 4.98 Å². The number of nitrogens with zero attached hydrogens (tertiary/aromatic N) is 1. The second-order valence-corrected chi connectivity index (χ2v) is 11.8. The Kier molecular flexibility index (Phi) is 6.47. The van der Waals surface area contributed by atoms with Gasteiger partial charge in [0.1, 0.15) is 8.42 Å². The van der Waals surface area contributed by atoms with Gasteiger partial charge in [0.15, 0.2) is 5.03 Å². The van der Waals surface area contributed by atoms with Crippen LogP contribution in [0.25, 0.3) is 0 Å². The Bertz CT molecular complexity index is 1420. The molecule has 1 aromatic carbocycles. The van der Waals surface area contributed by atoms with Gasteiger partial charge in [0.25, 0.3) is 10.0 Å². The molecule has 0 amide bonds. The molecule has 0 saturated heterocycles. The summed E-state index contributed by atoms with van der Waals surface area (Å²) in [6, 6.07) is 5.40. The zero-order valence-corrected chi connectivity index (χ0v) is 18.8. The molecule has 0 aliphatic heterocycles. The number of sulfone groups is 1. The van der Waals surface area contributed by atoms with Gasteiger partial charge in [0, 0.05) is 11.9 Å². The van der Waals surface area contributed by atoms with Crippen molar-refractivity contribution in [2.45, 2.75) is 25.8 Å². The SMILES string of the molecule is O=S(=O)(Nc1cccc(C(F)(F)F)c1)c1ccc(S(=O)(=O)c2ncc(C(F)(F)F)cc2Cl)s1. The van der Waals surface area contributed by atoms with Crippen LogP contribution in [0.15, 0.2) is 62.1 Å². The number of sulfonamides is 1. The van der Waals surface area contributed by atoms with Gasteiger partial charge in [-0.05, 0) is 36.4 Å². The molecule has 178 valence electrons. The number of benzene rings is 1. The first-order chi connectivity index (χ1) is 15.0. The van der Waals surface area contributed by atoms with Gasteiger partial charge in [-0.3, -0.25) is 4.72 Å². The summed E-state index contributed by atoms with van der Waals surface area (Å²) in [6.45, 7) is 0. The average molecular weight is 551 g/mol. The standard InChI is InChI=1S/C17H9ClF6N2O4S3/c18-12-7-10(17(22,23)24)8-25-15(12)32(27,28)13-4-5-14(31-13)33(29,30)26-11-3-1-2-9(6-11)16(19,20)21/h1-8,26H. The van der Waals surface area contributed by atoms with Crippen molar-refractivity contribution in [1.29, 1.82) is 0 Å². The first-order valence-electron chi connectivity index (χ1n) is 8.29. The highest BCUT2D eigenvalue weighted by molar-refractivity contribution is 7.96. The largest absolute Gasteiger partial charge is 0.417 e. The van der Waals surface area contributed by atoms with Crippen LogP contribution in [-0.4, -0.2) is 21.8 Å². The van der Waals surface area contributed by atoms with Crippen molar-refractivity contribution in [2.24, 2.45) is 0 Å². The second-order valence-electron chi connectivity index (χ2n) is 6.27. The van der Waals surface area contributed by atoms with Crippen molar-refractivity contribution < 1.29 is 43.2 Å². The van der Waals surface area contributed by atoms with Crippen molar-refractivity contribution in [1.82, 2.24) is 4.98 Å². The number of pyridine rings is 1. The lowest BCUT2D eigenvalue weighted by Crippen LogP contribution is -2.13. The lowest BCUT2D eigenvalue weighted by Gasteiger charge is -2.10. The molecule has 0 aliphatic rings. The zero-order valence-electron chi connectivity index (χ0n) is 15.6. The summed E-state index contributed by atoms with van der Waals surface area (Å²) in [5.41, 5.74) is -2.82. The van der Waals surface area contributed by atoms with Crippen LogP contribution in [0.4, 0.5) is 32.0 Å². The maximum Gasteiger partial charge on any atom is 0.417 e. The fourth-order valence-electron chi connectivity index (χ4n) is 2.43. The molecule has 0 saturated carbocycles. The van der Waals surface area contributed by atoms with E-state index >= 15 is 0 Å². The molecule has 6 nitrogen and oxygen atoms in total. The molecule has 1 N–H and O–H groups in total. The van der Waals surface area contributed by atoms with Gasteiger partial charge in [-0.2, -0.15) is 26.3 Å². The molecule has 0 fully saturated rings. The molecule has 2 heterocycles. The van der Waals surface area contributed by atoms with Gasteiger partial charge in [0.2, 0.25) is 9.84 Å². The second kappa shape index (κ2) is 8.45. The Morgan fingerprint density at radius 1 is 0.848 bits per heavy atom. The Balaban J connectivity index is 1.93. The summed E-state index contributed by atoms with van der Waals surface area (Å²) in [6.07, 6.45) is -9.28. The smallest absolute Gasteiger partial charge is 0.279 e. The van der Waals surface area contributed by atoms with Crippen LogP contribution in [0, 0.1) is 0 Å². The first kappa shape index (κ1) is 25.3. The lowest BCUT2D eigenvalue weighted by molar-refractivity contribution is -0.138. The van der Waals surface area contributed by atoms with Gasteiger partial charge in [-0.1, -0.05) is 17.7 Å². The van der Waals surface area contributed by atoms with E-state index in [4.69, 9.17) is 11.6 Å². The Labute approximate surface area is 191 Å². The minimum atomic E-state index is -4.82. The minimum absolute atomic E-state index is 0.208. The van der Waals surface area contributed by atoms with Crippen molar-refractivity contribution in [3.05, 3.63) is 64.8 Å². The number of nitrogens with one attached hydrogen (secondary N) is 1. The highest BCUT2D eigenvalue weighted by Crippen LogP contribution is 2.36. The summed E-state index contributed by atoms with van der Waals surface area (Å²) in [5.74, 6) is 0. The molecule has 33 heavy (non-hydrogen) atoms. The monoisotopic (exact) mass is 550 g/mol. The predicted octanol–water partition coefficient (Wildman–Crippen LogP) is 5.47. The van der Waals surface area contributed by atoms with E-state index in [0.717, 1.165) is 30.3 Å². The summed E-state index contributed by atoms with van der Waals surface area (Å²) in [5, 5.41) is -1.75. The number of halogens is 7. The summed E-state index contributed by atoms with van der Waals surface area (Å²) < 4.78 is 128. The molecule has 0 spiro atoms. The Morgan fingerprint density at radius 3 is 2.03 bits per heavy atom. The van der Waals surface area contributed by atoms with Crippen molar-refractivity contribution in [3.63, 3.8) is 0 Å². The van der Waals surface area contributed by atoms with Crippen molar-refractivity contribution in [3.8, 4) is 0 Å². The van der Waals surface area contributed by atoms with E-state index in [1.807, 2.05) is 4.72 Å². The third-order valence-electron chi connectivity index (χ3n) is 3.92. The molecule has 0 atom stereocenters. The number of rotatable bonds is 5. The summed E-state index contributed by atoms with van der Waals surface area (Å²) >= 11 is 5.87. The maximum atomic E-state index is 12.8. The molecule has 16 heteroatoms. The fourth-order valence-corrected chi connectivity index (χ4v) is 7.04. The number of hydrogen-bond donors (Lipinski definition) is 1. The molecule has 0 unspecified atom stereocenters. The molecular formula is C17H9ClF6N2O4S3. The number of hydrogen-bond acceptors (Lipinski definition) is 6. The minimum Gasteiger partial charge on any atom is -0.279 e. The number of thiophene rings is 1. The van der Waals surface area contributed by atoms with E-state index in [-0.39, 0.29) is 17.5 Å². The third-order valence-corrected chi connectivity index (χ3v) is 9.48. The Hall–Kier alpha value is -2.36. The van der Waals surface area contributed by atoms with Crippen LogP contribution in [-0.2, 0) is 32.2 Å². The van der Waals surface area contributed by atoms with Crippen molar-refractivity contribution in [2.75, 3.05) is 4.72 Å². The molecule has 3 rings (SSSR count). The molecule has 0 bridgehead atoms. The van der Waals surface area contributed by atoms with Gasteiger partial charge >= 0.3 is 12.4 Å². The normalized spacial score (nSPS) is 13.2. The van der Waals surface area contributed by atoms with E-state index < -0.39 is 67.5 Å². The molecule has 0 aliphatic carbocycles. The quantitative estimate of drug-likeness (QED) is 0.425. The molecule has 2 aromatic heterocycles. The molecule has 0 radical (unpaired) electrons. The topological polar surface area (TPSA) is 93.2 Å². The number of alkyl halides is 6. The first-order valence-corrected chi connectivity index (χ1v) is 12.5. The number of anilines is 1. The van der Waals surface area contributed by atoms with Crippen molar-refractivity contribution >= 4 is 48.5 Å². The summed E-state index contributed by atoms with van der Waals surface area (Å²) in [7, 11) is -9.10. The highest BCUT2D eigenvalue weighted by Gasteiger charge is 2.34. The van der Waals surface area contributed by atoms with E-state index in [1.54, 1.807) is 0 Å². The zero-order chi connectivity index (χ0) is 24.8. The van der Waals surface area contributed by atoms with Gasteiger partial charge in [0.05, 0.1) is 16.1 Å². The third kappa shape index (κ3) is 5.42. The average Bonchev–Trinajstić information content (AvgIpc) is 3.18. The summed E-state index contributed by atoms with van der Waals surface area (Å²) in [4.78, 5) is 3.26. The fraction of sp³-hybridized carbons (Fsp3) is 0.118. The van der Waals surface area contributed by atoms with Crippen LogP contribution in [0.3, 0.4) is 0 Å². The maximum absolute atomic E-state index is 12.8.